The third kappa shape index (κ3) is 2.62. The van der Waals surface area contributed by atoms with Gasteiger partial charge >= 0.3 is 0 Å². The Hall–Kier alpha value is -2.23. The van der Waals surface area contributed by atoms with Crippen LogP contribution in [0.25, 0.3) is 0 Å². The SMILES string of the molecule is C=C1/N=c2/cncc/c2=N/CC2=C(C=C=CC=N2)S1. The molecule has 4 nitrogen and oxygen atoms in total. The molecule has 92 valence electrons. The maximum Gasteiger partial charge on any atom is 0.108 e. The summed E-state index contributed by atoms with van der Waals surface area (Å²) < 4.78 is 0. The molecule has 0 unspecified atom stereocenters. The van der Waals surface area contributed by atoms with Crippen LogP contribution in [-0.4, -0.2) is 17.7 Å². The van der Waals surface area contributed by atoms with E-state index in [1.54, 1.807) is 24.7 Å². The summed E-state index contributed by atoms with van der Waals surface area (Å²) in [7, 11) is 0. The summed E-state index contributed by atoms with van der Waals surface area (Å²) >= 11 is 1.47. The van der Waals surface area contributed by atoms with Gasteiger partial charge in [0.2, 0.25) is 0 Å². The lowest BCUT2D eigenvalue weighted by molar-refractivity contribution is 1.02. The Labute approximate surface area is 114 Å². The predicted molar refractivity (Wildman–Crippen MR) is 76.3 cm³/mol. The molecule has 0 radical (unpaired) electrons. The lowest BCUT2D eigenvalue weighted by atomic mass is 10.3. The Morgan fingerprint density at radius 3 is 3.21 bits per heavy atom. The van der Waals surface area contributed by atoms with Gasteiger partial charge in [-0.25, -0.2) is 4.99 Å². The minimum atomic E-state index is 0.505. The van der Waals surface area contributed by atoms with Crippen LogP contribution in [0.4, 0.5) is 0 Å². The predicted octanol–water partition coefficient (Wildman–Crippen LogP) is 1.55. The van der Waals surface area contributed by atoms with Crippen LogP contribution in [0.1, 0.15) is 0 Å². The van der Waals surface area contributed by atoms with Gasteiger partial charge in [0, 0.05) is 17.3 Å². The van der Waals surface area contributed by atoms with E-state index < -0.39 is 0 Å². The van der Waals surface area contributed by atoms with E-state index in [9.17, 15) is 0 Å². The zero-order valence-electron chi connectivity index (χ0n) is 10.1. The minimum absolute atomic E-state index is 0.505. The van der Waals surface area contributed by atoms with Gasteiger partial charge in [0.1, 0.15) is 5.36 Å². The van der Waals surface area contributed by atoms with Crippen LogP contribution in [0.3, 0.4) is 0 Å². The first-order valence-electron chi connectivity index (χ1n) is 5.71. The highest BCUT2D eigenvalue weighted by Gasteiger charge is 2.08. The number of aromatic nitrogens is 1. The van der Waals surface area contributed by atoms with Crippen LogP contribution in [0, 0.1) is 0 Å². The molecule has 0 aliphatic carbocycles. The summed E-state index contributed by atoms with van der Waals surface area (Å²) in [5, 5.41) is 2.23. The number of hydrogen-bond acceptors (Lipinski definition) is 5. The molecule has 3 rings (SSSR count). The van der Waals surface area contributed by atoms with Crippen molar-refractivity contribution in [2.45, 2.75) is 0 Å². The van der Waals surface area contributed by atoms with Gasteiger partial charge in [-0.1, -0.05) is 18.3 Å². The second-order valence-corrected chi connectivity index (χ2v) is 4.97. The molecule has 0 N–H and O–H groups in total. The molecule has 0 amide bonds. The zero-order valence-corrected chi connectivity index (χ0v) is 10.9. The second kappa shape index (κ2) is 5.18. The summed E-state index contributed by atoms with van der Waals surface area (Å²) in [5.74, 6) is 0. The van der Waals surface area contributed by atoms with Crippen LogP contribution in [0.2, 0.25) is 0 Å². The first-order chi connectivity index (χ1) is 9.33. The summed E-state index contributed by atoms with van der Waals surface area (Å²) in [6.45, 7) is 4.47. The first kappa shape index (κ1) is 11.8. The highest BCUT2D eigenvalue weighted by Crippen LogP contribution is 2.29. The van der Waals surface area contributed by atoms with Crippen LogP contribution >= 0.6 is 11.8 Å². The molecular weight excluding hydrogens is 256 g/mol. The monoisotopic (exact) mass is 266 g/mol. The summed E-state index contributed by atoms with van der Waals surface area (Å²) in [6.07, 6.45) is 8.79. The fraction of sp³-hybridized carbons (Fsp3) is 0.0714. The molecule has 1 aromatic heterocycles. The number of pyridine rings is 1. The average molecular weight is 266 g/mol. The van der Waals surface area contributed by atoms with Crippen molar-refractivity contribution in [3.63, 3.8) is 0 Å². The number of allylic oxidation sites excluding steroid dienone is 1. The molecule has 0 spiro atoms. The molecule has 5 heteroatoms. The topological polar surface area (TPSA) is 50.0 Å². The van der Waals surface area contributed by atoms with E-state index in [0.717, 1.165) is 21.3 Å². The van der Waals surface area contributed by atoms with E-state index in [4.69, 9.17) is 0 Å². The van der Waals surface area contributed by atoms with Gasteiger partial charge in [0.05, 0.1) is 28.8 Å². The molecule has 2 aliphatic heterocycles. The van der Waals surface area contributed by atoms with Crippen molar-refractivity contribution in [3.8, 4) is 0 Å². The fourth-order valence-electron chi connectivity index (χ4n) is 1.69. The Morgan fingerprint density at radius 1 is 1.32 bits per heavy atom. The average Bonchev–Trinajstić information content (AvgIpc) is 2.59. The van der Waals surface area contributed by atoms with Crippen LogP contribution in [0.15, 0.2) is 73.5 Å². The standard InChI is InChI=1S/C14H10N4S/c1-10-18-12-8-15-7-5-11(12)17-9-13-14(19-10)4-2-3-6-16-13/h3-8H,1,9H2/b17-11-,18-12-. The Bertz CT molecular complexity index is 780. The third-order valence-electron chi connectivity index (χ3n) is 2.55. The Morgan fingerprint density at radius 2 is 2.26 bits per heavy atom. The van der Waals surface area contributed by atoms with Crippen molar-refractivity contribution < 1.29 is 0 Å². The van der Waals surface area contributed by atoms with Crippen LogP contribution < -0.4 is 10.7 Å². The largest absolute Gasteiger partial charge is 0.277 e. The van der Waals surface area contributed by atoms with E-state index in [-0.39, 0.29) is 0 Å². The second-order valence-electron chi connectivity index (χ2n) is 3.86. The van der Waals surface area contributed by atoms with Crippen LogP contribution in [0.5, 0.6) is 0 Å². The van der Waals surface area contributed by atoms with E-state index in [2.05, 4.69) is 32.3 Å². The van der Waals surface area contributed by atoms with Gasteiger partial charge in [-0.2, -0.15) is 0 Å². The smallest absolute Gasteiger partial charge is 0.108 e. The molecule has 2 aliphatic rings. The highest BCUT2D eigenvalue weighted by molar-refractivity contribution is 8.06. The highest BCUT2D eigenvalue weighted by atomic mass is 32.2. The van der Waals surface area contributed by atoms with E-state index >= 15 is 0 Å². The lowest BCUT2D eigenvalue weighted by Gasteiger charge is -2.03. The van der Waals surface area contributed by atoms with Crippen molar-refractivity contribution in [3.05, 3.63) is 69.3 Å². The zero-order chi connectivity index (χ0) is 13.1. The maximum absolute atomic E-state index is 4.55. The lowest BCUT2D eigenvalue weighted by Crippen LogP contribution is -2.25. The third-order valence-corrected chi connectivity index (χ3v) is 3.45. The normalized spacial score (nSPS) is 20.9. The molecule has 0 atom stereocenters. The number of fused-ring (bicyclic) bond motifs is 1. The summed E-state index contributed by atoms with van der Waals surface area (Å²) in [4.78, 5) is 18.4. The molecule has 0 saturated heterocycles. The molecular formula is C14H10N4S. The minimum Gasteiger partial charge on any atom is -0.277 e. The van der Waals surface area contributed by atoms with Gasteiger partial charge < -0.3 is 0 Å². The van der Waals surface area contributed by atoms with E-state index in [1.807, 2.05) is 12.1 Å². The van der Waals surface area contributed by atoms with E-state index in [1.165, 1.54) is 11.8 Å². The number of rotatable bonds is 0. The Kier molecular flexibility index (Phi) is 3.23. The molecule has 0 saturated carbocycles. The molecule has 19 heavy (non-hydrogen) atoms. The quantitative estimate of drug-likeness (QED) is 0.669. The van der Waals surface area contributed by atoms with Crippen molar-refractivity contribution in [2.24, 2.45) is 15.0 Å². The van der Waals surface area contributed by atoms with Gasteiger partial charge in [-0.3, -0.25) is 15.0 Å². The molecule has 3 heterocycles. The van der Waals surface area contributed by atoms with Gasteiger partial charge in [-0.15, -0.1) is 5.73 Å². The van der Waals surface area contributed by atoms with Crippen molar-refractivity contribution in [2.75, 3.05) is 6.54 Å². The first-order valence-corrected chi connectivity index (χ1v) is 6.53. The van der Waals surface area contributed by atoms with Gasteiger partial charge in [-0.05, 0) is 18.2 Å². The number of aliphatic imine (C=N–C) groups is 1. The van der Waals surface area contributed by atoms with Gasteiger partial charge in [0.15, 0.2) is 0 Å². The molecule has 1 aromatic rings. The summed E-state index contributed by atoms with van der Waals surface area (Å²) in [5.41, 5.74) is 3.94. The molecule has 0 fully saturated rings. The number of hydrogen-bond donors (Lipinski definition) is 0. The Balaban J connectivity index is 2.18. The van der Waals surface area contributed by atoms with Crippen molar-refractivity contribution >= 4 is 18.0 Å². The van der Waals surface area contributed by atoms with Crippen molar-refractivity contribution in [1.82, 2.24) is 4.98 Å². The van der Waals surface area contributed by atoms with Gasteiger partial charge in [0.25, 0.3) is 0 Å². The van der Waals surface area contributed by atoms with Crippen molar-refractivity contribution in [1.29, 1.82) is 0 Å². The fourth-order valence-corrected chi connectivity index (χ4v) is 2.45. The van der Waals surface area contributed by atoms with Crippen LogP contribution in [-0.2, 0) is 0 Å². The van der Waals surface area contributed by atoms with E-state index in [0.29, 0.717) is 11.6 Å². The maximum atomic E-state index is 4.55. The number of thioether (sulfide) groups is 1. The number of nitrogens with zero attached hydrogens (tertiary/aromatic N) is 4. The summed E-state index contributed by atoms with van der Waals surface area (Å²) in [6, 6.07) is 1.84. The molecule has 0 bridgehead atoms. The molecule has 0 aromatic carbocycles.